The third-order valence-corrected chi connectivity index (χ3v) is 4.13. The van der Waals surface area contributed by atoms with Crippen molar-refractivity contribution in [1.82, 2.24) is 0 Å². The highest BCUT2D eigenvalue weighted by molar-refractivity contribution is 4.99. The van der Waals surface area contributed by atoms with Crippen molar-refractivity contribution >= 4 is 0 Å². The Balaban J connectivity index is 2.09. The quantitative estimate of drug-likeness (QED) is 0.230. The van der Waals surface area contributed by atoms with E-state index in [4.69, 9.17) is 24.4 Å². The van der Waals surface area contributed by atoms with Gasteiger partial charge in [0.15, 0.2) is 0 Å². The molecule has 0 unspecified atom stereocenters. The van der Waals surface area contributed by atoms with E-state index in [9.17, 15) is 30.6 Å². The van der Waals surface area contributed by atoms with E-state index in [0.29, 0.717) is 0 Å². The van der Waals surface area contributed by atoms with Gasteiger partial charge in [-0.1, -0.05) is 0 Å². The molecule has 23 heavy (non-hydrogen) atoms. The molecule has 11 heteroatoms. The van der Waals surface area contributed by atoms with Crippen LogP contribution in [0.2, 0.25) is 0 Å². The zero-order valence-corrected chi connectivity index (χ0v) is 12.1. The Morgan fingerprint density at radius 2 is 1.35 bits per heavy atom. The van der Waals surface area contributed by atoms with Crippen molar-refractivity contribution in [2.75, 3.05) is 26.4 Å². The Kier molecular flexibility index (Phi) is 5.60. The predicted octanol–water partition coefficient (Wildman–Crippen LogP) is -5.39. The van der Waals surface area contributed by atoms with E-state index < -0.39 is 74.6 Å². The fourth-order valence-electron chi connectivity index (χ4n) is 2.66. The lowest BCUT2D eigenvalue weighted by Crippen LogP contribution is -2.54. The van der Waals surface area contributed by atoms with E-state index in [1.807, 2.05) is 0 Å². The fourth-order valence-corrected chi connectivity index (χ4v) is 2.66. The largest absolute Gasteiger partial charge is 0.394 e. The minimum Gasteiger partial charge on any atom is -0.394 e. The molecule has 2 rings (SSSR count). The van der Waals surface area contributed by atoms with Gasteiger partial charge in [0.1, 0.15) is 49.8 Å². The van der Waals surface area contributed by atoms with E-state index in [2.05, 4.69) is 0 Å². The Labute approximate surface area is 130 Å². The smallest absolute Gasteiger partial charge is 0.221 e. The zero-order valence-electron chi connectivity index (χ0n) is 12.1. The molecule has 2 saturated heterocycles. The Hall–Kier alpha value is -0.440. The topological polar surface area (TPSA) is 190 Å². The van der Waals surface area contributed by atoms with Gasteiger partial charge in [-0.15, -0.1) is 0 Å². The summed E-state index contributed by atoms with van der Waals surface area (Å²) >= 11 is 0. The Bertz CT molecular complexity index is 408. The first-order valence-electron chi connectivity index (χ1n) is 7.01. The first-order chi connectivity index (χ1) is 10.7. The monoisotopic (exact) mass is 342 g/mol. The summed E-state index contributed by atoms with van der Waals surface area (Å²) in [4.78, 5) is 0. The van der Waals surface area contributed by atoms with Crippen LogP contribution >= 0.6 is 0 Å². The van der Waals surface area contributed by atoms with Crippen molar-refractivity contribution in [1.29, 1.82) is 0 Å². The van der Waals surface area contributed by atoms with Crippen LogP contribution in [-0.4, -0.2) is 115 Å². The third kappa shape index (κ3) is 3.10. The molecule has 11 nitrogen and oxygen atoms in total. The van der Waals surface area contributed by atoms with Gasteiger partial charge in [0, 0.05) is 0 Å². The maximum absolute atomic E-state index is 10.2. The van der Waals surface area contributed by atoms with E-state index in [0.717, 1.165) is 0 Å². The average Bonchev–Trinajstić information content (AvgIpc) is 2.93. The van der Waals surface area contributed by atoms with Gasteiger partial charge in [-0.05, 0) is 0 Å². The first-order valence-corrected chi connectivity index (χ1v) is 7.01. The summed E-state index contributed by atoms with van der Waals surface area (Å²) in [5.74, 6) is -4.59. The molecular formula is C12H22O11. The summed E-state index contributed by atoms with van der Waals surface area (Å²) < 4.78 is 15.2. The second-order valence-corrected chi connectivity index (χ2v) is 5.65. The van der Waals surface area contributed by atoms with Gasteiger partial charge in [0.2, 0.25) is 11.6 Å². The lowest BCUT2D eigenvalue weighted by Gasteiger charge is -2.34. The summed E-state index contributed by atoms with van der Waals surface area (Å²) in [6.07, 6.45) is -9.18. The van der Waals surface area contributed by atoms with Gasteiger partial charge in [-0.25, -0.2) is 0 Å². The highest BCUT2D eigenvalue weighted by Crippen LogP contribution is 2.35. The summed E-state index contributed by atoms with van der Waals surface area (Å²) in [7, 11) is 0. The molecule has 136 valence electrons. The van der Waals surface area contributed by atoms with Gasteiger partial charge in [0.05, 0.1) is 13.2 Å². The molecule has 8 atom stereocenters. The molecule has 0 amide bonds. The lowest BCUT2D eigenvalue weighted by molar-refractivity contribution is -0.328. The van der Waals surface area contributed by atoms with Crippen LogP contribution in [0.3, 0.4) is 0 Å². The van der Waals surface area contributed by atoms with E-state index in [1.54, 1.807) is 0 Å². The number of hydrogen-bond donors (Lipinski definition) is 8. The fraction of sp³-hybridized carbons (Fsp3) is 1.00. The van der Waals surface area contributed by atoms with Crippen molar-refractivity contribution in [2.45, 2.75) is 48.2 Å². The molecule has 8 N–H and O–H groups in total. The van der Waals surface area contributed by atoms with Crippen molar-refractivity contribution in [3.8, 4) is 0 Å². The summed E-state index contributed by atoms with van der Waals surface area (Å²) in [5, 5.41) is 76.7. The second kappa shape index (κ2) is 6.82. The second-order valence-electron chi connectivity index (χ2n) is 5.65. The molecule has 0 radical (unpaired) electrons. The standard InChI is InChI=1S/C12H22O11/c13-1-5-7(16)9(18)11(20,22-5)4-21-12(3-15)10(19)8(17)6(2-14)23-12/h5-10,13-20H,1-4H2/t5-,6-,7-,8-,9+,10+,11-,12+/m1/s1. The summed E-state index contributed by atoms with van der Waals surface area (Å²) in [6.45, 7) is -3.11. The van der Waals surface area contributed by atoms with E-state index in [-0.39, 0.29) is 0 Å². The van der Waals surface area contributed by atoms with Gasteiger partial charge >= 0.3 is 0 Å². The van der Waals surface area contributed by atoms with Crippen molar-refractivity contribution in [3.05, 3.63) is 0 Å². The van der Waals surface area contributed by atoms with Crippen LogP contribution in [0.4, 0.5) is 0 Å². The molecule has 0 spiro atoms. The van der Waals surface area contributed by atoms with Crippen LogP contribution in [0.5, 0.6) is 0 Å². The predicted molar refractivity (Wildman–Crippen MR) is 68.7 cm³/mol. The average molecular weight is 342 g/mol. The third-order valence-electron chi connectivity index (χ3n) is 4.13. The van der Waals surface area contributed by atoms with Crippen LogP contribution < -0.4 is 0 Å². The van der Waals surface area contributed by atoms with E-state index >= 15 is 0 Å². The van der Waals surface area contributed by atoms with Crippen LogP contribution in [-0.2, 0) is 14.2 Å². The van der Waals surface area contributed by atoms with Crippen molar-refractivity contribution in [3.63, 3.8) is 0 Å². The molecular weight excluding hydrogens is 320 g/mol. The molecule has 0 aromatic carbocycles. The minimum atomic E-state index is -2.43. The summed E-state index contributed by atoms with van der Waals surface area (Å²) in [5.41, 5.74) is 0. The number of aliphatic hydroxyl groups excluding tert-OH is 7. The molecule has 0 aromatic rings. The van der Waals surface area contributed by atoms with Gasteiger partial charge in [0.25, 0.3) is 0 Å². The molecule has 2 fully saturated rings. The summed E-state index contributed by atoms with van der Waals surface area (Å²) in [6, 6.07) is 0. The van der Waals surface area contributed by atoms with Crippen molar-refractivity contribution < 1.29 is 55.1 Å². The molecule has 2 aliphatic rings. The Morgan fingerprint density at radius 3 is 1.78 bits per heavy atom. The SMILES string of the molecule is OC[C@H]1O[C@](CO)(OC[C@@]2(O)O[C@H](CO)[C@@H](O)[C@@H]2O)[C@@H](O)[C@@H]1O. The van der Waals surface area contributed by atoms with Gasteiger partial charge in [-0.3, -0.25) is 0 Å². The number of hydrogen-bond acceptors (Lipinski definition) is 11. The maximum atomic E-state index is 10.2. The van der Waals surface area contributed by atoms with Gasteiger partial charge in [-0.2, -0.15) is 0 Å². The first kappa shape index (κ1) is 18.9. The molecule has 2 aliphatic heterocycles. The van der Waals surface area contributed by atoms with Crippen LogP contribution in [0.25, 0.3) is 0 Å². The highest BCUT2D eigenvalue weighted by atomic mass is 16.8. The molecule has 0 bridgehead atoms. The molecule has 0 saturated carbocycles. The number of aliphatic hydroxyl groups is 8. The van der Waals surface area contributed by atoms with Crippen LogP contribution in [0.15, 0.2) is 0 Å². The normalized spacial score (nSPS) is 50.6. The lowest BCUT2D eigenvalue weighted by atomic mass is 10.0. The van der Waals surface area contributed by atoms with Crippen LogP contribution in [0.1, 0.15) is 0 Å². The Morgan fingerprint density at radius 1 is 0.826 bits per heavy atom. The van der Waals surface area contributed by atoms with Crippen molar-refractivity contribution in [2.24, 2.45) is 0 Å². The number of ether oxygens (including phenoxy) is 3. The van der Waals surface area contributed by atoms with Crippen LogP contribution in [0, 0.1) is 0 Å². The molecule has 0 aromatic heterocycles. The molecule has 2 heterocycles. The highest BCUT2D eigenvalue weighted by Gasteiger charge is 2.59. The van der Waals surface area contributed by atoms with Gasteiger partial charge < -0.3 is 55.1 Å². The number of rotatable bonds is 6. The minimum absolute atomic E-state index is 0.655. The molecule has 0 aliphatic carbocycles. The maximum Gasteiger partial charge on any atom is 0.221 e. The van der Waals surface area contributed by atoms with E-state index in [1.165, 1.54) is 0 Å². The zero-order chi connectivity index (χ0) is 17.4.